The van der Waals surface area contributed by atoms with Crippen molar-refractivity contribution in [3.63, 3.8) is 0 Å². The van der Waals surface area contributed by atoms with Crippen LogP contribution in [0.2, 0.25) is 0 Å². The zero-order chi connectivity index (χ0) is 17.8. The Bertz CT molecular complexity index is 894. The number of halogens is 1. The van der Waals surface area contributed by atoms with E-state index in [0.717, 1.165) is 5.56 Å². The van der Waals surface area contributed by atoms with Crippen LogP contribution < -0.4 is 10.6 Å². The Morgan fingerprint density at radius 1 is 0.920 bits per heavy atom. The lowest BCUT2D eigenvalue weighted by molar-refractivity contribution is -0.117. The monoisotopic (exact) mass is 336 g/mol. The summed E-state index contributed by atoms with van der Waals surface area (Å²) in [7, 11) is 0. The van der Waals surface area contributed by atoms with Crippen LogP contribution in [0.4, 0.5) is 10.1 Å². The SMILES string of the molecule is C[C@H](N[C@@H](C)c1ccc2ccccc2c1)C(=O)Nc1cccc(F)c1. The molecule has 4 heteroatoms. The highest BCUT2D eigenvalue weighted by atomic mass is 19.1. The number of carbonyl (C=O) groups excluding carboxylic acids is 1. The minimum Gasteiger partial charge on any atom is -0.325 e. The van der Waals surface area contributed by atoms with Crippen LogP contribution in [0.3, 0.4) is 0 Å². The number of rotatable bonds is 5. The lowest BCUT2D eigenvalue weighted by atomic mass is 10.0. The molecule has 0 unspecified atom stereocenters. The van der Waals surface area contributed by atoms with E-state index in [-0.39, 0.29) is 17.8 Å². The van der Waals surface area contributed by atoms with Crippen LogP contribution >= 0.6 is 0 Å². The van der Waals surface area contributed by atoms with E-state index >= 15 is 0 Å². The highest BCUT2D eigenvalue weighted by Crippen LogP contribution is 2.20. The summed E-state index contributed by atoms with van der Waals surface area (Å²) in [5, 5.41) is 8.38. The van der Waals surface area contributed by atoms with Crippen LogP contribution in [0, 0.1) is 5.82 Å². The van der Waals surface area contributed by atoms with Crippen LogP contribution in [0.5, 0.6) is 0 Å². The fourth-order valence-electron chi connectivity index (χ4n) is 2.84. The largest absolute Gasteiger partial charge is 0.325 e. The maximum Gasteiger partial charge on any atom is 0.241 e. The fourth-order valence-corrected chi connectivity index (χ4v) is 2.84. The molecule has 3 aromatic rings. The number of nitrogens with one attached hydrogen (secondary N) is 2. The second-order valence-electron chi connectivity index (χ2n) is 6.22. The third-order valence-corrected chi connectivity index (χ3v) is 4.26. The van der Waals surface area contributed by atoms with Crippen LogP contribution in [-0.2, 0) is 4.79 Å². The van der Waals surface area contributed by atoms with Gasteiger partial charge in [-0.25, -0.2) is 4.39 Å². The number of anilines is 1. The number of amides is 1. The van der Waals surface area contributed by atoms with Crippen molar-refractivity contribution >= 4 is 22.4 Å². The standard InChI is InChI=1S/C21H21FN2O/c1-14(17-11-10-16-6-3-4-7-18(16)12-17)23-15(2)21(25)24-20-9-5-8-19(22)13-20/h3-15,23H,1-2H3,(H,24,25)/t14-,15-/m0/s1. The zero-order valence-electron chi connectivity index (χ0n) is 14.3. The average molecular weight is 336 g/mol. The van der Waals surface area contributed by atoms with Gasteiger partial charge in [0.05, 0.1) is 6.04 Å². The molecule has 0 spiro atoms. The van der Waals surface area contributed by atoms with Crippen molar-refractivity contribution in [3.05, 3.63) is 78.1 Å². The summed E-state index contributed by atoms with van der Waals surface area (Å²) >= 11 is 0. The summed E-state index contributed by atoms with van der Waals surface area (Å²) in [6.45, 7) is 3.82. The second kappa shape index (κ2) is 7.45. The van der Waals surface area contributed by atoms with E-state index in [2.05, 4.69) is 41.0 Å². The van der Waals surface area contributed by atoms with E-state index in [0.29, 0.717) is 5.69 Å². The number of fused-ring (bicyclic) bond motifs is 1. The van der Waals surface area contributed by atoms with Crippen molar-refractivity contribution < 1.29 is 9.18 Å². The van der Waals surface area contributed by atoms with E-state index in [1.807, 2.05) is 19.1 Å². The first-order valence-corrected chi connectivity index (χ1v) is 8.34. The molecule has 0 aliphatic heterocycles. The summed E-state index contributed by atoms with van der Waals surface area (Å²) in [5.41, 5.74) is 1.57. The smallest absolute Gasteiger partial charge is 0.241 e. The Balaban J connectivity index is 1.66. The van der Waals surface area contributed by atoms with Crippen molar-refractivity contribution in [1.82, 2.24) is 5.32 Å². The van der Waals surface area contributed by atoms with Crippen molar-refractivity contribution in [2.75, 3.05) is 5.32 Å². The molecule has 0 saturated carbocycles. The summed E-state index contributed by atoms with van der Waals surface area (Å²) in [6, 6.07) is 19.9. The summed E-state index contributed by atoms with van der Waals surface area (Å²) < 4.78 is 13.2. The van der Waals surface area contributed by atoms with Gasteiger partial charge >= 0.3 is 0 Å². The van der Waals surface area contributed by atoms with E-state index in [1.54, 1.807) is 19.1 Å². The van der Waals surface area contributed by atoms with Gasteiger partial charge in [0.15, 0.2) is 0 Å². The van der Waals surface area contributed by atoms with Gasteiger partial charge in [-0.2, -0.15) is 0 Å². The second-order valence-corrected chi connectivity index (χ2v) is 6.22. The molecule has 3 rings (SSSR count). The molecule has 0 saturated heterocycles. The minimum atomic E-state index is -0.412. The zero-order valence-corrected chi connectivity index (χ0v) is 14.3. The minimum absolute atomic E-state index is 0.0119. The summed E-state index contributed by atoms with van der Waals surface area (Å²) in [5.74, 6) is -0.568. The molecule has 2 atom stereocenters. The maximum atomic E-state index is 13.2. The van der Waals surface area contributed by atoms with Crippen LogP contribution in [0.1, 0.15) is 25.5 Å². The van der Waals surface area contributed by atoms with Gasteiger partial charge in [0.2, 0.25) is 5.91 Å². The Hall–Kier alpha value is -2.72. The molecule has 0 aromatic heterocycles. The molecular weight excluding hydrogens is 315 g/mol. The van der Waals surface area contributed by atoms with Gasteiger partial charge in [0.1, 0.15) is 5.82 Å². The Morgan fingerprint density at radius 2 is 1.68 bits per heavy atom. The Kier molecular flexibility index (Phi) is 5.10. The highest BCUT2D eigenvalue weighted by Gasteiger charge is 2.16. The first-order chi connectivity index (χ1) is 12.0. The van der Waals surface area contributed by atoms with Gasteiger partial charge < -0.3 is 5.32 Å². The third kappa shape index (κ3) is 4.22. The quantitative estimate of drug-likeness (QED) is 0.712. The van der Waals surface area contributed by atoms with E-state index < -0.39 is 6.04 Å². The molecule has 2 N–H and O–H groups in total. The molecule has 3 nitrogen and oxygen atoms in total. The van der Waals surface area contributed by atoms with Gasteiger partial charge in [0.25, 0.3) is 0 Å². The Labute approximate surface area is 146 Å². The van der Waals surface area contributed by atoms with E-state index in [1.165, 1.54) is 22.9 Å². The number of benzene rings is 3. The first kappa shape index (κ1) is 17.1. The summed E-state index contributed by atoms with van der Waals surface area (Å²) in [4.78, 5) is 12.3. The van der Waals surface area contributed by atoms with Crippen molar-refractivity contribution in [2.24, 2.45) is 0 Å². The molecule has 3 aromatic carbocycles. The van der Waals surface area contributed by atoms with E-state index in [9.17, 15) is 9.18 Å². The molecule has 0 radical (unpaired) electrons. The van der Waals surface area contributed by atoms with Crippen LogP contribution in [-0.4, -0.2) is 11.9 Å². The van der Waals surface area contributed by atoms with Crippen molar-refractivity contribution in [2.45, 2.75) is 25.9 Å². The van der Waals surface area contributed by atoms with Crippen LogP contribution in [0.25, 0.3) is 10.8 Å². The normalized spacial score (nSPS) is 13.4. The molecule has 128 valence electrons. The molecule has 0 aliphatic rings. The fraction of sp³-hybridized carbons (Fsp3) is 0.190. The molecule has 0 fully saturated rings. The lowest BCUT2D eigenvalue weighted by Gasteiger charge is -2.20. The number of hydrogen-bond acceptors (Lipinski definition) is 2. The van der Waals surface area contributed by atoms with Crippen molar-refractivity contribution in [1.29, 1.82) is 0 Å². The predicted molar refractivity (Wildman–Crippen MR) is 100.0 cm³/mol. The molecule has 1 amide bonds. The average Bonchev–Trinajstić information content (AvgIpc) is 2.61. The molecule has 0 bridgehead atoms. The van der Waals surface area contributed by atoms with Gasteiger partial charge in [-0.05, 0) is 54.4 Å². The van der Waals surface area contributed by atoms with E-state index in [4.69, 9.17) is 0 Å². The Morgan fingerprint density at radius 3 is 2.44 bits per heavy atom. The molecule has 0 aliphatic carbocycles. The van der Waals surface area contributed by atoms with Crippen molar-refractivity contribution in [3.8, 4) is 0 Å². The first-order valence-electron chi connectivity index (χ1n) is 8.34. The maximum absolute atomic E-state index is 13.2. The predicted octanol–water partition coefficient (Wildman–Crippen LogP) is 4.66. The lowest BCUT2D eigenvalue weighted by Crippen LogP contribution is -2.39. The number of hydrogen-bond donors (Lipinski definition) is 2. The van der Waals surface area contributed by atoms with Gasteiger partial charge in [-0.15, -0.1) is 0 Å². The van der Waals surface area contributed by atoms with Gasteiger partial charge in [-0.3, -0.25) is 10.1 Å². The molecule has 25 heavy (non-hydrogen) atoms. The third-order valence-electron chi connectivity index (χ3n) is 4.26. The van der Waals surface area contributed by atoms with Gasteiger partial charge in [-0.1, -0.05) is 42.5 Å². The molecule has 0 heterocycles. The van der Waals surface area contributed by atoms with Crippen LogP contribution in [0.15, 0.2) is 66.7 Å². The molecular formula is C21H21FN2O. The summed E-state index contributed by atoms with van der Waals surface area (Å²) in [6.07, 6.45) is 0. The number of carbonyl (C=O) groups is 1. The topological polar surface area (TPSA) is 41.1 Å². The van der Waals surface area contributed by atoms with Gasteiger partial charge in [0, 0.05) is 11.7 Å². The highest BCUT2D eigenvalue weighted by molar-refractivity contribution is 5.94.